The van der Waals surface area contributed by atoms with E-state index in [4.69, 9.17) is 0 Å². The second-order valence-electron chi connectivity index (χ2n) is 4.88. The first-order chi connectivity index (χ1) is 10.1. The van der Waals surface area contributed by atoms with Crippen molar-refractivity contribution in [2.75, 3.05) is 27.2 Å². The molecule has 2 heterocycles. The normalized spacial score (nSPS) is 10.8. The molecule has 0 aliphatic carbocycles. The Hall–Kier alpha value is -1.99. The summed E-state index contributed by atoms with van der Waals surface area (Å²) in [7, 11) is 3.96. The zero-order valence-electron chi connectivity index (χ0n) is 12.0. The van der Waals surface area contributed by atoms with Gasteiger partial charge in [0.15, 0.2) is 0 Å². The van der Waals surface area contributed by atoms with Gasteiger partial charge in [-0.15, -0.1) is 11.3 Å². The molecule has 2 aromatic heterocycles. The number of hydrogen-bond acceptors (Lipinski definition) is 5. The van der Waals surface area contributed by atoms with Crippen LogP contribution in [0, 0.1) is 0 Å². The molecule has 7 heteroatoms. The molecule has 0 aliphatic rings. The van der Waals surface area contributed by atoms with Crippen molar-refractivity contribution in [1.29, 1.82) is 0 Å². The van der Waals surface area contributed by atoms with E-state index in [0.717, 1.165) is 17.8 Å². The highest BCUT2D eigenvalue weighted by atomic mass is 32.1. The molecule has 0 spiro atoms. The molecule has 112 valence electrons. The Bertz CT molecular complexity index is 649. The molecule has 2 N–H and O–H groups in total. The standard InChI is InChI=1S/C14H18N4O2S/c1-18(2)7-4-6-15-13(19)11-9-10(16-14(20)17-11)12-5-3-8-21-12/h3,5,8-9H,4,6-7H2,1-2H3,(H,15,19)(H,16,17,20). The van der Waals surface area contributed by atoms with Crippen molar-refractivity contribution < 1.29 is 4.79 Å². The molecule has 6 nitrogen and oxygen atoms in total. The molecule has 0 aromatic carbocycles. The maximum absolute atomic E-state index is 12.0. The number of carbonyl (C=O) groups is 1. The van der Waals surface area contributed by atoms with Crippen LogP contribution in [0.1, 0.15) is 16.9 Å². The Morgan fingerprint density at radius 3 is 2.95 bits per heavy atom. The van der Waals surface area contributed by atoms with E-state index in [1.165, 1.54) is 11.3 Å². The first-order valence-corrected chi connectivity index (χ1v) is 7.52. The molecule has 0 atom stereocenters. The number of aromatic amines is 1. The van der Waals surface area contributed by atoms with Gasteiger partial charge in [-0.05, 0) is 44.6 Å². The van der Waals surface area contributed by atoms with Gasteiger partial charge in [-0.25, -0.2) is 4.79 Å². The van der Waals surface area contributed by atoms with Crippen molar-refractivity contribution in [3.05, 3.63) is 39.8 Å². The van der Waals surface area contributed by atoms with Crippen LogP contribution in [0.4, 0.5) is 0 Å². The number of carbonyl (C=O) groups excluding carboxylic acids is 1. The van der Waals surface area contributed by atoms with E-state index in [0.29, 0.717) is 12.2 Å². The lowest BCUT2D eigenvalue weighted by Crippen LogP contribution is -2.29. The minimum atomic E-state index is -0.514. The lowest BCUT2D eigenvalue weighted by Gasteiger charge is -2.09. The molecule has 0 bridgehead atoms. The van der Waals surface area contributed by atoms with Crippen LogP contribution in [0.25, 0.3) is 10.6 Å². The topological polar surface area (TPSA) is 78.1 Å². The van der Waals surface area contributed by atoms with Crippen LogP contribution in [-0.4, -0.2) is 48.0 Å². The number of amides is 1. The summed E-state index contributed by atoms with van der Waals surface area (Å²) in [5, 5.41) is 4.69. The van der Waals surface area contributed by atoms with Gasteiger partial charge in [-0.1, -0.05) is 6.07 Å². The van der Waals surface area contributed by atoms with Crippen LogP contribution < -0.4 is 11.0 Å². The molecule has 0 radical (unpaired) electrons. The fraction of sp³-hybridized carbons (Fsp3) is 0.357. The fourth-order valence-corrected chi connectivity index (χ4v) is 2.52. The number of hydrogen-bond donors (Lipinski definition) is 2. The highest BCUT2D eigenvalue weighted by molar-refractivity contribution is 7.13. The minimum absolute atomic E-state index is 0.145. The monoisotopic (exact) mass is 306 g/mol. The lowest BCUT2D eigenvalue weighted by atomic mass is 10.2. The maximum Gasteiger partial charge on any atom is 0.346 e. The summed E-state index contributed by atoms with van der Waals surface area (Å²) in [5.41, 5.74) is 0.245. The van der Waals surface area contributed by atoms with Crippen LogP contribution in [0.3, 0.4) is 0 Å². The highest BCUT2D eigenvalue weighted by Gasteiger charge is 2.11. The summed E-state index contributed by atoms with van der Waals surface area (Å²) in [5.74, 6) is -0.322. The van der Waals surface area contributed by atoms with Gasteiger partial charge >= 0.3 is 5.69 Å². The van der Waals surface area contributed by atoms with Gasteiger partial charge in [-0.3, -0.25) is 4.79 Å². The van der Waals surface area contributed by atoms with Crippen LogP contribution >= 0.6 is 11.3 Å². The second kappa shape index (κ2) is 7.14. The minimum Gasteiger partial charge on any atom is -0.351 e. The van der Waals surface area contributed by atoms with Gasteiger partial charge in [0.25, 0.3) is 5.91 Å². The summed E-state index contributed by atoms with van der Waals surface area (Å²) in [6.07, 6.45) is 0.847. The largest absolute Gasteiger partial charge is 0.351 e. The van der Waals surface area contributed by atoms with Gasteiger partial charge < -0.3 is 15.2 Å². The van der Waals surface area contributed by atoms with Crippen LogP contribution in [-0.2, 0) is 0 Å². The molecule has 21 heavy (non-hydrogen) atoms. The number of rotatable bonds is 6. The van der Waals surface area contributed by atoms with Crippen LogP contribution in [0.5, 0.6) is 0 Å². The Labute approximate surface area is 126 Å². The predicted molar refractivity (Wildman–Crippen MR) is 83.7 cm³/mol. The average molecular weight is 306 g/mol. The summed E-state index contributed by atoms with van der Waals surface area (Å²) >= 11 is 1.49. The van der Waals surface area contributed by atoms with Crippen molar-refractivity contribution in [1.82, 2.24) is 20.2 Å². The first-order valence-electron chi connectivity index (χ1n) is 6.64. The van der Waals surface area contributed by atoms with Crippen molar-refractivity contribution in [2.45, 2.75) is 6.42 Å². The number of thiophene rings is 1. The third kappa shape index (κ3) is 4.51. The SMILES string of the molecule is CN(C)CCCNC(=O)c1cc(-c2cccs2)[nH]c(=O)n1. The molecule has 0 fully saturated rings. The van der Waals surface area contributed by atoms with Crippen molar-refractivity contribution in [2.24, 2.45) is 0 Å². The van der Waals surface area contributed by atoms with E-state index < -0.39 is 5.69 Å². The lowest BCUT2D eigenvalue weighted by molar-refractivity contribution is 0.0947. The smallest absolute Gasteiger partial charge is 0.346 e. The maximum atomic E-state index is 12.0. The molecule has 1 amide bonds. The van der Waals surface area contributed by atoms with Crippen LogP contribution in [0.2, 0.25) is 0 Å². The first kappa shape index (κ1) is 15.4. The fourth-order valence-electron chi connectivity index (χ4n) is 1.83. The Morgan fingerprint density at radius 1 is 1.48 bits per heavy atom. The number of nitrogens with zero attached hydrogens (tertiary/aromatic N) is 2. The molecule has 2 aromatic rings. The molecular weight excluding hydrogens is 288 g/mol. The quantitative estimate of drug-likeness (QED) is 0.786. The van der Waals surface area contributed by atoms with E-state index in [1.54, 1.807) is 6.07 Å². The van der Waals surface area contributed by atoms with Crippen LogP contribution in [0.15, 0.2) is 28.4 Å². The molecule has 0 aliphatic heterocycles. The van der Waals surface area contributed by atoms with Gasteiger partial charge in [0.2, 0.25) is 0 Å². The molecular formula is C14H18N4O2S. The summed E-state index contributed by atoms with van der Waals surface area (Å²) < 4.78 is 0. The van der Waals surface area contributed by atoms with Crippen molar-refractivity contribution in [3.8, 4) is 10.6 Å². The number of aromatic nitrogens is 2. The summed E-state index contributed by atoms with van der Waals surface area (Å²) in [4.78, 5) is 32.9. The molecule has 2 rings (SSSR count). The average Bonchev–Trinajstić information content (AvgIpc) is 2.96. The Balaban J connectivity index is 2.06. The predicted octanol–water partition coefficient (Wildman–Crippen LogP) is 1.18. The Kier molecular flexibility index (Phi) is 5.24. The molecule has 0 saturated carbocycles. The number of nitrogens with one attached hydrogen (secondary N) is 2. The van der Waals surface area contributed by atoms with E-state index in [9.17, 15) is 9.59 Å². The highest BCUT2D eigenvalue weighted by Crippen LogP contribution is 2.21. The third-order valence-corrected chi connectivity index (χ3v) is 3.73. The summed E-state index contributed by atoms with van der Waals surface area (Å²) in [6.45, 7) is 1.45. The van der Waals surface area contributed by atoms with Gasteiger partial charge in [-0.2, -0.15) is 4.98 Å². The van der Waals surface area contributed by atoms with Gasteiger partial charge in [0.05, 0.1) is 10.6 Å². The van der Waals surface area contributed by atoms with Gasteiger partial charge in [0.1, 0.15) is 5.69 Å². The Morgan fingerprint density at radius 2 is 2.29 bits per heavy atom. The number of H-pyrrole nitrogens is 1. The molecule has 0 unspecified atom stereocenters. The van der Waals surface area contributed by atoms with E-state index in [-0.39, 0.29) is 11.6 Å². The summed E-state index contributed by atoms with van der Waals surface area (Å²) in [6, 6.07) is 5.38. The van der Waals surface area contributed by atoms with Crippen molar-refractivity contribution in [3.63, 3.8) is 0 Å². The zero-order chi connectivity index (χ0) is 15.2. The van der Waals surface area contributed by atoms with Gasteiger partial charge in [0, 0.05) is 6.54 Å². The van der Waals surface area contributed by atoms with E-state index in [2.05, 4.69) is 15.3 Å². The third-order valence-electron chi connectivity index (χ3n) is 2.83. The van der Waals surface area contributed by atoms with E-state index in [1.807, 2.05) is 36.5 Å². The second-order valence-corrected chi connectivity index (χ2v) is 5.82. The molecule has 0 saturated heterocycles. The zero-order valence-corrected chi connectivity index (χ0v) is 12.9. The van der Waals surface area contributed by atoms with Crippen molar-refractivity contribution >= 4 is 17.2 Å². The van der Waals surface area contributed by atoms with E-state index >= 15 is 0 Å².